The summed E-state index contributed by atoms with van der Waals surface area (Å²) in [5.74, 6) is 1.88. The van der Waals surface area contributed by atoms with Crippen molar-refractivity contribution in [3.05, 3.63) is 0 Å². The Kier molecular flexibility index (Phi) is 4.25. The van der Waals surface area contributed by atoms with E-state index in [2.05, 4.69) is 0 Å². The van der Waals surface area contributed by atoms with Gasteiger partial charge in [0, 0.05) is 6.04 Å². The van der Waals surface area contributed by atoms with E-state index in [0.717, 1.165) is 11.8 Å². The molecule has 2 nitrogen and oxygen atoms in total. The van der Waals surface area contributed by atoms with Crippen molar-refractivity contribution in [2.75, 3.05) is 0 Å². The summed E-state index contributed by atoms with van der Waals surface area (Å²) in [5, 5.41) is 0. The van der Waals surface area contributed by atoms with E-state index in [1.54, 1.807) is 0 Å². The Morgan fingerprint density at radius 3 is 2.28 bits per heavy atom. The van der Waals surface area contributed by atoms with E-state index in [1.165, 1.54) is 70.6 Å². The molecule has 3 saturated carbocycles. The fourth-order valence-electron chi connectivity index (χ4n) is 4.52. The molecule has 0 aromatic carbocycles. The molecule has 0 aliphatic heterocycles. The van der Waals surface area contributed by atoms with Crippen molar-refractivity contribution in [3.63, 3.8) is 0 Å². The van der Waals surface area contributed by atoms with E-state index in [-0.39, 0.29) is 0 Å². The fourth-order valence-corrected chi connectivity index (χ4v) is 4.52. The zero-order valence-corrected chi connectivity index (χ0v) is 11.7. The number of hydrogen-bond acceptors (Lipinski definition) is 2. The molecule has 3 atom stereocenters. The van der Waals surface area contributed by atoms with E-state index in [1.807, 2.05) is 0 Å². The molecule has 18 heavy (non-hydrogen) atoms. The minimum Gasteiger partial charge on any atom is -0.375 e. The third-order valence-corrected chi connectivity index (χ3v) is 5.60. The largest absolute Gasteiger partial charge is 0.375 e. The lowest BCUT2D eigenvalue weighted by molar-refractivity contribution is -0.0963. The van der Waals surface area contributed by atoms with Crippen molar-refractivity contribution in [3.8, 4) is 0 Å². The van der Waals surface area contributed by atoms with Crippen LogP contribution in [0.15, 0.2) is 0 Å². The van der Waals surface area contributed by atoms with Crippen LogP contribution in [0.25, 0.3) is 0 Å². The summed E-state index contributed by atoms with van der Waals surface area (Å²) in [6.45, 7) is 0. The summed E-state index contributed by atoms with van der Waals surface area (Å²) in [6.07, 6.45) is 15.9. The van der Waals surface area contributed by atoms with Crippen molar-refractivity contribution < 1.29 is 4.74 Å². The molecule has 2 heteroatoms. The lowest BCUT2D eigenvalue weighted by Crippen LogP contribution is -2.40. The standard InChI is InChI=1S/C16H29NO/c17-13-8-10-14(11-9-13)18-16-7-3-5-12-4-1-2-6-15(12)16/h12-16H,1-11,17H2. The van der Waals surface area contributed by atoms with Crippen LogP contribution in [-0.2, 0) is 4.74 Å². The maximum absolute atomic E-state index is 6.49. The molecule has 3 aliphatic carbocycles. The van der Waals surface area contributed by atoms with Gasteiger partial charge in [-0.25, -0.2) is 0 Å². The van der Waals surface area contributed by atoms with Crippen LogP contribution in [0.5, 0.6) is 0 Å². The topological polar surface area (TPSA) is 35.2 Å². The van der Waals surface area contributed by atoms with Gasteiger partial charge in [0.25, 0.3) is 0 Å². The normalized spacial score (nSPS) is 45.5. The summed E-state index contributed by atoms with van der Waals surface area (Å²) in [7, 11) is 0. The van der Waals surface area contributed by atoms with E-state index in [0.29, 0.717) is 18.2 Å². The molecule has 0 saturated heterocycles. The maximum atomic E-state index is 6.49. The Hall–Kier alpha value is -0.0800. The average Bonchev–Trinajstić information content (AvgIpc) is 2.42. The first-order valence-corrected chi connectivity index (χ1v) is 8.24. The van der Waals surface area contributed by atoms with Gasteiger partial charge in [0.2, 0.25) is 0 Å². The lowest BCUT2D eigenvalue weighted by atomic mass is 9.69. The molecule has 0 heterocycles. The van der Waals surface area contributed by atoms with Gasteiger partial charge < -0.3 is 10.5 Å². The molecular weight excluding hydrogens is 222 g/mol. The summed E-state index contributed by atoms with van der Waals surface area (Å²) in [4.78, 5) is 0. The molecule has 0 aromatic heterocycles. The minimum absolute atomic E-state index is 0.443. The van der Waals surface area contributed by atoms with Crippen LogP contribution < -0.4 is 5.73 Å². The van der Waals surface area contributed by atoms with Crippen molar-refractivity contribution in [1.29, 1.82) is 0 Å². The van der Waals surface area contributed by atoms with Gasteiger partial charge in [-0.3, -0.25) is 0 Å². The second-order valence-corrected chi connectivity index (χ2v) is 6.85. The molecule has 0 spiro atoms. The quantitative estimate of drug-likeness (QED) is 0.813. The van der Waals surface area contributed by atoms with Crippen molar-refractivity contribution in [2.24, 2.45) is 17.6 Å². The van der Waals surface area contributed by atoms with Gasteiger partial charge in [-0.2, -0.15) is 0 Å². The third kappa shape index (κ3) is 2.91. The predicted molar refractivity (Wildman–Crippen MR) is 74.4 cm³/mol. The van der Waals surface area contributed by atoms with Crippen molar-refractivity contribution in [2.45, 2.75) is 88.9 Å². The third-order valence-electron chi connectivity index (χ3n) is 5.60. The number of fused-ring (bicyclic) bond motifs is 1. The van der Waals surface area contributed by atoms with Crippen LogP contribution in [0, 0.1) is 11.8 Å². The number of rotatable bonds is 2. The van der Waals surface area contributed by atoms with E-state index in [9.17, 15) is 0 Å². The number of ether oxygens (including phenoxy) is 1. The maximum Gasteiger partial charge on any atom is 0.0609 e. The summed E-state index contributed by atoms with van der Waals surface area (Å²) < 4.78 is 6.49. The first kappa shape index (κ1) is 12.9. The van der Waals surface area contributed by atoms with Crippen LogP contribution in [-0.4, -0.2) is 18.2 Å². The Labute approximate surface area is 112 Å². The zero-order chi connectivity index (χ0) is 12.4. The lowest BCUT2D eigenvalue weighted by Gasteiger charge is -2.43. The molecule has 0 radical (unpaired) electrons. The van der Waals surface area contributed by atoms with Gasteiger partial charge in [0.05, 0.1) is 12.2 Å². The highest BCUT2D eigenvalue weighted by molar-refractivity contribution is 4.87. The van der Waals surface area contributed by atoms with Crippen molar-refractivity contribution in [1.82, 2.24) is 0 Å². The Bertz CT molecular complexity index is 258. The summed E-state index contributed by atoms with van der Waals surface area (Å²) in [5.41, 5.74) is 5.98. The van der Waals surface area contributed by atoms with Crippen LogP contribution in [0.3, 0.4) is 0 Å². The van der Waals surface area contributed by atoms with Crippen LogP contribution in [0.4, 0.5) is 0 Å². The molecule has 3 unspecified atom stereocenters. The first-order valence-electron chi connectivity index (χ1n) is 8.24. The Morgan fingerprint density at radius 2 is 1.44 bits per heavy atom. The molecular formula is C16H29NO. The fraction of sp³-hybridized carbons (Fsp3) is 1.00. The van der Waals surface area contributed by atoms with Gasteiger partial charge in [-0.05, 0) is 56.8 Å². The zero-order valence-electron chi connectivity index (χ0n) is 11.7. The second-order valence-electron chi connectivity index (χ2n) is 6.85. The van der Waals surface area contributed by atoms with Gasteiger partial charge in [-0.15, -0.1) is 0 Å². The average molecular weight is 251 g/mol. The predicted octanol–water partition coefficient (Wildman–Crippen LogP) is 3.63. The molecule has 3 rings (SSSR count). The number of nitrogens with two attached hydrogens (primary N) is 1. The van der Waals surface area contributed by atoms with Crippen LogP contribution >= 0.6 is 0 Å². The van der Waals surface area contributed by atoms with Gasteiger partial charge in [-0.1, -0.05) is 25.7 Å². The summed E-state index contributed by atoms with van der Waals surface area (Å²) in [6, 6.07) is 0.443. The highest BCUT2D eigenvalue weighted by atomic mass is 16.5. The Balaban J connectivity index is 1.54. The van der Waals surface area contributed by atoms with Gasteiger partial charge >= 0.3 is 0 Å². The Morgan fingerprint density at radius 1 is 0.722 bits per heavy atom. The van der Waals surface area contributed by atoms with Crippen molar-refractivity contribution >= 4 is 0 Å². The van der Waals surface area contributed by atoms with Crippen LogP contribution in [0.2, 0.25) is 0 Å². The summed E-state index contributed by atoms with van der Waals surface area (Å²) >= 11 is 0. The highest BCUT2D eigenvalue weighted by Crippen LogP contribution is 2.42. The van der Waals surface area contributed by atoms with E-state index in [4.69, 9.17) is 10.5 Å². The molecule has 3 fully saturated rings. The molecule has 3 aliphatic rings. The highest BCUT2D eigenvalue weighted by Gasteiger charge is 2.36. The van der Waals surface area contributed by atoms with E-state index < -0.39 is 0 Å². The van der Waals surface area contributed by atoms with E-state index >= 15 is 0 Å². The number of hydrogen-bond donors (Lipinski definition) is 1. The van der Waals surface area contributed by atoms with Gasteiger partial charge in [0.1, 0.15) is 0 Å². The minimum atomic E-state index is 0.443. The molecule has 0 bridgehead atoms. The molecule has 104 valence electrons. The smallest absolute Gasteiger partial charge is 0.0609 e. The first-order chi connectivity index (χ1) is 8.83. The monoisotopic (exact) mass is 251 g/mol. The van der Waals surface area contributed by atoms with Gasteiger partial charge in [0.15, 0.2) is 0 Å². The SMILES string of the molecule is NC1CCC(OC2CCCC3CCCCC32)CC1. The molecule has 0 amide bonds. The molecule has 0 aromatic rings. The second kappa shape index (κ2) is 5.92. The van der Waals surface area contributed by atoms with Crippen LogP contribution in [0.1, 0.15) is 70.6 Å². The molecule has 2 N–H and O–H groups in total.